The molecule has 0 fully saturated rings. The van der Waals surface area contributed by atoms with Crippen molar-refractivity contribution >= 4 is 21.6 Å². The van der Waals surface area contributed by atoms with E-state index in [-0.39, 0.29) is 10.8 Å². The largest absolute Gasteiger partial charge is 0.352 e. The lowest BCUT2D eigenvalue weighted by Gasteiger charge is -2.16. The van der Waals surface area contributed by atoms with Crippen LogP contribution in [0.15, 0.2) is 41.3 Å². The van der Waals surface area contributed by atoms with Crippen molar-refractivity contribution in [3.8, 4) is 0 Å². The predicted octanol–water partition coefficient (Wildman–Crippen LogP) is 5.36. The van der Waals surface area contributed by atoms with Gasteiger partial charge in [0, 0.05) is 12.1 Å². The maximum Gasteiger partial charge on any atom is 0.262 e. The van der Waals surface area contributed by atoms with Crippen LogP contribution in [-0.2, 0) is 10.0 Å². The number of hydrogen-bond acceptors (Lipinski definition) is 3. The minimum atomic E-state index is -3.82. The van der Waals surface area contributed by atoms with Crippen molar-refractivity contribution in [3.05, 3.63) is 58.7 Å². The fourth-order valence-corrected chi connectivity index (χ4v) is 4.75. The molecular formula is C24H34N2O3S. The van der Waals surface area contributed by atoms with Crippen molar-refractivity contribution in [3.63, 3.8) is 0 Å². The molecule has 1 amide bonds. The molecule has 2 N–H and O–H groups in total. The molecule has 1 atom stereocenters. The minimum absolute atomic E-state index is 0.120. The summed E-state index contributed by atoms with van der Waals surface area (Å²) < 4.78 is 28.8. The van der Waals surface area contributed by atoms with E-state index in [4.69, 9.17) is 0 Å². The van der Waals surface area contributed by atoms with Gasteiger partial charge in [0.25, 0.3) is 15.9 Å². The van der Waals surface area contributed by atoms with Crippen LogP contribution in [0.3, 0.4) is 0 Å². The number of carbonyl (C=O) groups excluding carboxylic acids is 1. The monoisotopic (exact) mass is 430 g/mol. The van der Waals surface area contributed by atoms with Gasteiger partial charge in [-0.15, -0.1) is 0 Å². The van der Waals surface area contributed by atoms with E-state index in [2.05, 4.69) is 23.9 Å². The first kappa shape index (κ1) is 23.9. The molecule has 0 aliphatic rings. The molecule has 2 aromatic carbocycles. The molecule has 0 heterocycles. The van der Waals surface area contributed by atoms with E-state index in [0.29, 0.717) is 29.3 Å². The lowest BCUT2D eigenvalue weighted by molar-refractivity contribution is 0.0945. The lowest BCUT2D eigenvalue weighted by Crippen LogP contribution is -2.29. The maximum atomic E-state index is 13.0. The van der Waals surface area contributed by atoms with Gasteiger partial charge in [-0.25, -0.2) is 8.42 Å². The molecule has 0 saturated carbocycles. The highest BCUT2D eigenvalue weighted by molar-refractivity contribution is 7.92. The molecule has 0 spiro atoms. The second-order valence-electron chi connectivity index (χ2n) is 8.03. The quantitative estimate of drug-likeness (QED) is 0.533. The Morgan fingerprint density at radius 2 is 1.70 bits per heavy atom. The SMILES string of the molecule is CCCC[C@@H](CC)CNC(=O)c1ccc(C)c(S(=O)(=O)Nc2cc(C)ccc2C)c1. The number of nitrogens with one attached hydrogen (secondary N) is 2. The number of rotatable bonds is 10. The molecule has 2 rings (SSSR count). The summed E-state index contributed by atoms with van der Waals surface area (Å²) in [7, 11) is -3.82. The maximum absolute atomic E-state index is 13.0. The number of aryl methyl sites for hydroxylation is 3. The molecule has 0 aliphatic heterocycles. The van der Waals surface area contributed by atoms with Crippen molar-refractivity contribution in [2.24, 2.45) is 5.92 Å². The number of unbranched alkanes of at least 4 members (excludes halogenated alkanes) is 1. The average Bonchev–Trinajstić information content (AvgIpc) is 2.70. The third kappa shape index (κ3) is 6.33. The third-order valence-corrected chi connectivity index (χ3v) is 6.98. The molecule has 2 aromatic rings. The third-order valence-electron chi connectivity index (χ3n) is 5.47. The van der Waals surface area contributed by atoms with Crippen LogP contribution in [0.4, 0.5) is 5.69 Å². The van der Waals surface area contributed by atoms with Gasteiger partial charge in [-0.1, -0.05) is 51.3 Å². The lowest BCUT2D eigenvalue weighted by atomic mass is 9.99. The van der Waals surface area contributed by atoms with Crippen molar-refractivity contribution in [2.75, 3.05) is 11.3 Å². The summed E-state index contributed by atoms with van der Waals surface area (Å²) in [5.74, 6) is 0.196. The fraction of sp³-hybridized carbons (Fsp3) is 0.458. The van der Waals surface area contributed by atoms with Gasteiger partial charge in [-0.2, -0.15) is 0 Å². The van der Waals surface area contributed by atoms with Gasteiger partial charge in [0.15, 0.2) is 0 Å². The predicted molar refractivity (Wildman–Crippen MR) is 124 cm³/mol. The molecule has 0 saturated heterocycles. The Morgan fingerprint density at radius 1 is 1.00 bits per heavy atom. The first-order valence-electron chi connectivity index (χ1n) is 10.7. The Labute approximate surface area is 181 Å². The molecule has 5 nitrogen and oxygen atoms in total. The highest BCUT2D eigenvalue weighted by atomic mass is 32.2. The first-order chi connectivity index (χ1) is 14.2. The van der Waals surface area contributed by atoms with E-state index in [9.17, 15) is 13.2 Å². The van der Waals surface area contributed by atoms with E-state index in [1.54, 1.807) is 25.1 Å². The summed E-state index contributed by atoms with van der Waals surface area (Å²) in [6.07, 6.45) is 4.37. The summed E-state index contributed by atoms with van der Waals surface area (Å²) >= 11 is 0. The molecule has 0 bridgehead atoms. The molecule has 0 radical (unpaired) electrons. The second-order valence-corrected chi connectivity index (χ2v) is 9.68. The van der Waals surface area contributed by atoms with E-state index >= 15 is 0 Å². The number of amides is 1. The van der Waals surface area contributed by atoms with Crippen LogP contribution in [-0.4, -0.2) is 20.9 Å². The van der Waals surface area contributed by atoms with Crippen LogP contribution in [0, 0.1) is 26.7 Å². The first-order valence-corrected chi connectivity index (χ1v) is 12.1. The van der Waals surface area contributed by atoms with E-state index in [1.165, 1.54) is 6.07 Å². The number of anilines is 1. The fourth-order valence-electron chi connectivity index (χ4n) is 3.36. The smallest absolute Gasteiger partial charge is 0.262 e. The zero-order valence-corrected chi connectivity index (χ0v) is 19.5. The van der Waals surface area contributed by atoms with Crippen molar-refractivity contribution in [1.29, 1.82) is 0 Å². The zero-order valence-electron chi connectivity index (χ0n) is 18.7. The van der Waals surface area contributed by atoms with Gasteiger partial charge in [-0.3, -0.25) is 9.52 Å². The number of benzene rings is 2. The van der Waals surface area contributed by atoms with E-state index < -0.39 is 10.0 Å². The molecule has 30 heavy (non-hydrogen) atoms. The highest BCUT2D eigenvalue weighted by Crippen LogP contribution is 2.24. The summed E-state index contributed by atoms with van der Waals surface area (Å²) in [5.41, 5.74) is 3.31. The summed E-state index contributed by atoms with van der Waals surface area (Å²) in [6.45, 7) is 10.4. The highest BCUT2D eigenvalue weighted by Gasteiger charge is 2.20. The molecule has 0 aliphatic carbocycles. The van der Waals surface area contributed by atoms with Gasteiger partial charge < -0.3 is 5.32 Å². The molecule has 0 aromatic heterocycles. The summed E-state index contributed by atoms with van der Waals surface area (Å²) in [6, 6.07) is 10.4. The Hall–Kier alpha value is -2.34. The van der Waals surface area contributed by atoms with Gasteiger partial charge in [0.05, 0.1) is 10.6 Å². The average molecular weight is 431 g/mol. The van der Waals surface area contributed by atoms with Crippen LogP contribution < -0.4 is 10.0 Å². The zero-order chi connectivity index (χ0) is 22.3. The van der Waals surface area contributed by atoms with Gasteiger partial charge in [0.2, 0.25) is 0 Å². The molecule has 164 valence electrons. The Morgan fingerprint density at radius 3 is 2.37 bits per heavy atom. The Kier molecular flexibility index (Phi) is 8.47. The van der Waals surface area contributed by atoms with Crippen molar-refractivity contribution in [1.82, 2.24) is 5.32 Å². The van der Waals surface area contributed by atoms with Gasteiger partial charge in [-0.05, 0) is 68.0 Å². The minimum Gasteiger partial charge on any atom is -0.352 e. The van der Waals surface area contributed by atoms with Crippen LogP contribution in [0.25, 0.3) is 0 Å². The van der Waals surface area contributed by atoms with E-state index in [0.717, 1.165) is 36.8 Å². The molecular weight excluding hydrogens is 396 g/mol. The Bertz CT molecular complexity index is 984. The number of carbonyl (C=O) groups is 1. The van der Waals surface area contributed by atoms with Crippen molar-refractivity contribution < 1.29 is 13.2 Å². The van der Waals surface area contributed by atoms with Crippen LogP contribution in [0.2, 0.25) is 0 Å². The van der Waals surface area contributed by atoms with Crippen LogP contribution in [0.5, 0.6) is 0 Å². The topological polar surface area (TPSA) is 75.3 Å². The Balaban J connectivity index is 2.21. The second kappa shape index (κ2) is 10.6. The summed E-state index contributed by atoms with van der Waals surface area (Å²) in [4.78, 5) is 12.8. The molecule has 6 heteroatoms. The van der Waals surface area contributed by atoms with Gasteiger partial charge >= 0.3 is 0 Å². The van der Waals surface area contributed by atoms with Crippen molar-refractivity contribution in [2.45, 2.75) is 65.2 Å². The normalized spacial score (nSPS) is 12.4. The van der Waals surface area contributed by atoms with Gasteiger partial charge in [0.1, 0.15) is 0 Å². The number of sulfonamides is 1. The summed E-state index contributed by atoms with van der Waals surface area (Å²) in [5, 5.41) is 2.97. The van der Waals surface area contributed by atoms with Crippen LogP contribution in [0.1, 0.15) is 66.6 Å². The standard InChI is InChI=1S/C24H34N2O3S/c1-6-8-9-20(7-2)16-25-24(27)21-13-12-19(5)23(15-21)30(28,29)26-22-14-17(3)10-11-18(22)4/h10-15,20,26H,6-9,16H2,1-5H3,(H,25,27)/t20-/m1/s1. The van der Waals surface area contributed by atoms with Crippen LogP contribution >= 0.6 is 0 Å². The number of hydrogen-bond donors (Lipinski definition) is 2. The molecule has 0 unspecified atom stereocenters. The van der Waals surface area contributed by atoms with E-state index in [1.807, 2.05) is 26.0 Å².